The molecule has 1 fully saturated rings. The van der Waals surface area contributed by atoms with Crippen molar-refractivity contribution in [3.63, 3.8) is 0 Å². The lowest BCUT2D eigenvalue weighted by Gasteiger charge is -2.39. The maximum absolute atomic E-state index is 13.2. The fourth-order valence-corrected chi connectivity index (χ4v) is 3.86. The first kappa shape index (κ1) is 16.5. The van der Waals surface area contributed by atoms with Crippen LogP contribution in [0.1, 0.15) is 51.2 Å². The molecule has 1 aliphatic carbocycles. The van der Waals surface area contributed by atoms with Gasteiger partial charge in [-0.2, -0.15) is 5.26 Å². The summed E-state index contributed by atoms with van der Waals surface area (Å²) in [6, 6.07) is 6.58. The smallest absolute Gasteiger partial charge is 0.124 e. The van der Waals surface area contributed by atoms with Gasteiger partial charge in [0.2, 0.25) is 0 Å². The van der Waals surface area contributed by atoms with Gasteiger partial charge >= 0.3 is 0 Å². The molecule has 1 aromatic rings. The molecule has 2 nitrogen and oxygen atoms in total. The van der Waals surface area contributed by atoms with Crippen molar-refractivity contribution in [2.75, 3.05) is 0 Å². The summed E-state index contributed by atoms with van der Waals surface area (Å²) in [6.45, 7) is 4.41. The van der Waals surface area contributed by atoms with Crippen LogP contribution >= 0.6 is 15.9 Å². The number of halogens is 2. The van der Waals surface area contributed by atoms with Crippen molar-refractivity contribution < 1.29 is 9.50 Å². The second-order valence-corrected chi connectivity index (χ2v) is 7.27. The van der Waals surface area contributed by atoms with E-state index < -0.39 is 11.5 Å². The Balaban J connectivity index is 2.24. The first-order valence-electron chi connectivity index (χ1n) is 7.44. The van der Waals surface area contributed by atoms with Gasteiger partial charge in [-0.05, 0) is 55.2 Å². The second kappa shape index (κ2) is 6.46. The summed E-state index contributed by atoms with van der Waals surface area (Å²) < 4.78 is 13.7. The topological polar surface area (TPSA) is 44.0 Å². The van der Waals surface area contributed by atoms with Gasteiger partial charge in [-0.25, -0.2) is 4.39 Å². The minimum Gasteiger partial charge on any atom is -0.387 e. The van der Waals surface area contributed by atoms with Crippen LogP contribution in [0.4, 0.5) is 4.39 Å². The van der Waals surface area contributed by atoms with E-state index in [1.807, 2.05) is 0 Å². The normalized spacial score (nSPS) is 27.4. The van der Waals surface area contributed by atoms with Crippen LogP contribution in [0.2, 0.25) is 0 Å². The molecular formula is C17H21BrFNO. The summed E-state index contributed by atoms with van der Waals surface area (Å²) >= 11 is 3.29. The Kier molecular flexibility index (Phi) is 5.06. The molecule has 4 heteroatoms. The predicted molar refractivity (Wildman–Crippen MR) is 83.9 cm³/mol. The number of rotatable bonds is 3. The van der Waals surface area contributed by atoms with Crippen LogP contribution < -0.4 is 0 Å². The predicted octanol–water partition coefficient (Wildman–Crippen LogP) is 4.98. The molecular weight excluding hydrogens is 333 g/mol. The van der Waals surface area contributed by atoms with Gasteiger partial charge in [-0.1, -0.05) is 35.8 Å². The van der Waals surface area contributed by atoms with Crippen molar-refractivity contribution in [2.24, 2.45) is 17.3 Å². The van der Waals surface area contributed by atoms with Gasteiger partial charge in [0.15, 0.2) is 0 Å². The van der Waals surface area contributed by atoms with Gasteiger partial charge in [0.1, 0.15) is 5.82 Å². The average molecular weight is 354 g/mol. The van der Waals surface area contributed by atoms with Gasteiger partial charge < -0.3 is 5.11 Å². The van der Waals surface area contributed by atoms with Crippen LogP contribution in [0, 0.1) is 34.4 Å². The molecule has 1 N–H and O–H groups in total. The molecule has 0 aliphatic heterocycles. The zero-order valence-electron chi connectivity index (χ0n) is 12.4. The molecule has 0 aromatic heterocycles. The van der Waals surface area contributed by atoms with Crippen LogP contribution in [-0.4, -0.2) is 5.11 Å². The molecule has 114 valence electrons. The molecule has 0 saturated heterocycles. The Morgan fingerprint density at radius 2 is 2.00 bits per heavy atom. The van der Waals surface area contributed by atoms with Gasteiger partial charge in [-0.15, -0.1) is 0 Å². The Morgan fingerprint density at radius 1 is 1.38 bits per heavy atom. The summed E-state index contributed by atoms with van der Waals surface area (Å²) in [5.74, 6) is 0.874. The van der Waals surface area contributed by atoms with Crippen molar-refractivity contribution in [1.82, 2.24) is 0 Å². The molecule has 1 aliphatic rings. The highest BCUT2D eigenvalue weighted by molar-refractivity contribution is 9.10. The summed E-state index contributed by atoms with van der Waals surface area (Å²) in [5.41, 5.74) is -0.160. The van der Waals surface area contributed by atoms with Crippen molar-refractivity contribution in [1.29, 1.82) is 5.26 Å². The van der Waals surface area contributed by atoms with Crippen LogP contribution in [0.5, 0.6) is 0 Å². The number of hydrogen-bond acceptors (Lipinski definition) is 2. The van der Waals surface area contributed by atoms with E-state index in [1.54, 1.807) is 6.07 Å². The van der Waals surface area contributed by atoms with Crippen LogP contribution in [0.3, 0.4) is 0 Å². The van der Waals surface area contributed by atoms with Crippen LogP contribution in [-0.2, 0) is 0 Å². The molecule has 0 bridgehead atoms. The summed E-state index contributed by atoms with van der Waals surface area (Å²) in [4.78, 5) is 0. The Bertz CT molecular complexity index is 544. The van der Waals surface area contributed by atoms with Crippen molar-refractivity contribution in [3.05, 3.63) is 34.1 Å². The lowest BCUT2D eigenvalue weighted by Crippen LogP contribution is -2.33. The molecule has 0 amide bonds. The van der Waals surface area contributed by atoms with Crippen molar-refractivity contribution in [3.8, 4) is 6.07 Å². The number of aliphatic hydroxyl groups excluding tert-OH is 1. The molecule has 21 heavy (non-hydrogen) atoms. The largest absolute Gasteiger partial charge is 0.387 e. The van der Waals surface area contributed by atoms with E-state index in [0.29, 0.717) is 34.7 Å². The summed E-state index contributed by atoms with van der Waals surface area (Å²) in [7, 11) is 0. The lowest BCUT2D eigenvalue weighted by atomic mass is 9.65. The van der Waals surface area contributed by atoms with Crippen molar-refractivity contribution >= 4 is 15.9 Å². The quantitative estimate of drug-likeness (QED) is 0.832. The second-order valence-electron chi connectivity index (χ2n) is 6.42. The minimum absolute atomic E-state index is 0.354. The molecule has 1 aromatic carbocycles. The average Bonchev–Trinajstić information content (AvgIpc) is 2.46. The van der Waals surface area contributed by atoms with E-state index in [0.717, 1.165) is 12.8 Å². The number of hydrogen-bond donors (Lipinski definition) is 1. The minimum atomic E-state index is -0.884. The number of aliphatic hydroxyl groups is 1. The van der Waals surface area contributed by atoms with E-state index >= 15 is 0 Å². The van der Waals surface area contributed by atoms with E-state index in [-0.39, 0.29) is 5.82 Å². The van der Waals surface area contributed by atoms with Crippen LogP contribution in [0.25, 0.3) is 0 Å². The highest BCUT2D eigenvalue weighted by Crippen LogP contribution is 2.49. The third-order valence-electron chi connectivity index (χ3n) is 4.87. The molecule has 0 spiro atoms. The molecule has 1 saturated carbocycles. The number of benzene rings is 1. The monoisotopic (exact) mass is 353 g/mol. The molecule has 1 atom stereocenters. The first-order valence-corrected chi connectivity index (χ1v) is 8.23. The fourth-order valence-electron chi connectivity index (χ4n) is 3.29. The van der Waals surface area contributed by atoms with Gasteiger partial charge in [-0.3, -0.25) is 0 Å². The maximum atomic E-state index is 13.2. The zero-order chi connectivity index (χ0) is 15.6. The van der Waals surface area contributed by atoms with E-state index in [1.165, 1.54) is 12.1 Å². The molecule has 2 rings (SSSR count). The third kappa shape index (κ3) is 3.30. The van der Waals surface area contributed by atoms with Crippen molar-refractivity contribution in [2.45, 2.75) is 45.6 Å². The Labute approximate surface area is 134 Å². The highest BCUT2D eigenvalue weighted by atomic mass is 79.9. The molecule has 0 radical (unpaired) electrons. The van der Waals surface area contributed by atoms with E-state index in [9.17, 15) is 14.8 Å². The van der Waals surface area contributed by atoms with E-state index in [4.69, 9.17) is 0 Å². The summed E-state index contributed by atoms with van der Waals surface area (Å²) in [5, 5.41) is 20.4. The highest BCUT2D eigenvalue weighted by Gasteiger charge is 2.43. The third-order valence-corrected chi connectivity index (χ3v) is 5.56. The lowest BCUT2D eigenvalue weighted by molar-refractivity contribution is 0.0185. The molecule has 1 unspecified atom stereocenters. The number of nitrogens with zero attached hydrogens (tertiary/aromatic N) is 1. The Hall–Kier alpha value is -0.920. The Morgan fingerprint density at radius 3 is 2.48 bits per heavy atom. The molecule has 0 heterocycles. The first-order chi connectivity index (χ1) is 9.89. The standard InChI is InChI=1S/C17H21BrFNO/c1-11(2)12-5-7-17(10-20,8-6-12)16(21)14-4-3-13(19)9-15(14)18/h3-4,9,11-12,16,21H,5-8H2,1-2H3. The van der Waals surface area contributed by atoms with Gasteiger partial charge in [0.25, 0.3) is 0 Å². The van der Waals surface area contributed by atoms with Gasteiger partial charge in [0, 0.05) is 4.47 Å². The number of nitriles is 1. The SMILES string of the molecule is CC(C)C1CCC(C#N)(C(O)c2ccc(F)cc2Br)CC1. The maximum Gasteiger partial charge on any atom is 0.124 e. The fraction of sp³-hybridized carbons (Fsp3) is 0.588. The van der Waals surface area contributed by atoms with Gasteiger partial charge in [0.05, 0.1) is 17.6 Å². The van der Waals surface area contributed by atoms with E-state index in [2.05, 4.69) is 35.8 Å². The van der Waals surface area contributed by atoms with Crippen LogP contribution in [0.15, 0.2) is 22.7 Å². The zero-order valence-corrected chi connectivity index (χ0v) is 14.0. The summed E-state index contributed by atoms with van der Waals surface area (Å²) in [6.07, 6.45) is 2.42.